The van der Waals surface area contributed by atoms with Crippen LogP contribution in [0.1, 0.15) is 26.7 Å². The number of carbonyl (C=O) groups excluding carboxylic acids is 1. The monoisotopic (exact) mass is 296 g/mol. The molecule has 0 aliphatic carbocycles. The molecule has 0 bridgehead atoms. The SMILES string of the molecule is CCCOc1cc(NCCC(=O)OCC)ccc1[N+](=O)[O-]. The lowest BCUT2D eigenvalue weighted by Gasteiger charge is -2.09. The van der Waals surface area contributed by atoms with Gasteiger partial charge in [0.2, 0.25) is 0 Å². The first-order valence-corrected chi connectivity index (χ1v) is 6.89. The minimum atomic E-state index is -0.479. The Labute approximate surface area is 123 Å². The summed E-state index contributed by atoms with van der Waals surface area (Å²) in [6.07, 6.45) is 0.994. The highest BCUT2D eigenvalue weighted by molar-refractivity contribution is 5.70. The number of anilines is 1. The van der Waals surface area contributed by atoms with Crippen molar-refractivity contribution in [2.45, 2.75) is 26.7 Å². The molecule has 0 saturated carbocycles. The standard InChI is InChI=1S/C14H20N2O5/c1-3-9-21-13-10-11(5-6-12(13)16(18)19)15-8-7-14(17)20-4-2/h5-6,10,15H,3-4,7-9H2,1-2H3. The lowest BCUT2D eigenvalue weighted by atomic mass is 10.2. The van der Waals surface area contributed by atoms with Crippen molar-refractivity contribution >= 4 is 17.3 Å². The fourth-order valence-electron chi connectivity index (χ4n) is 1.64. The van der Waals surface area contributed by atoms with Gasteiger partial charge < -0.3 is 14.8 Å². The molecule has 1 rings (SSSR count). The molecule has 1 N–H and O–H groups in total. The fraction of sp³-hybridized carbons (Fsp3) is 0.500. The van der Waals surface area contributed by atoms with Gasteiger partial charge in [-0.15, -0.1) is 0 Å². The van der Waals surface area contributed by atoms with Gasteiger partial charge in [-0.3, -0.25) is 14.9 Å². The molecule has 0 heterocycles. The number of nitrogens with one attached hydrogen (secondary N) is 1. The Hall–Kier alpha value is -2.31. The van der Waals surface area contributed by atoms with Crippen LogP contribution in [0.2, 0.25) is 0 Å². The van der Waals surface area contributed by atoms with Gasteiger partial charge >= 0.3 is 11.7 Å². The number of benzene rings is 1. The van der Waals surface area contributed by atoms with E-state index >= 15 is 0 Å². The highest BCUT2D eigenvalue weighted by Crippen LogP contribution is 2.30. The molecule has 0 fully saturated rings. The Bertz CT molecular complexity index is 490. The maximum absolute atomic E-state index is 11.2. The van der Waals surface area contributed by atoms with Gasteiger partial charge in [0.15, 0.2) is 5.75 Å². The predicted molar refractivity (Wildman–Crippen MR) is 78.6 cm³/mol. The molecule has 1 aromatic rings. The van der Waals surface area contributed by atoms with E-state index in [0.29, 0.717) is 25.4 Å². The largest absolute Gasteiger partial charge is 0.487 e. The molecule has 0 aliphatic heterocycles. The number of nitro benzene ring substituents is 1. The molecule has 7 heteroatoms. The zero-order valence-corrected chi connectivity index (χ0v) is 12.3. The van der Waals surface area contributed by atoms with E-state index in [-0.39, 0.29) is 23.8 Å². The molecule has 0 radical (unpaired) electrons. The summed E-state index contributed by atoms with van der Waals surface area (Å²) in [6, 6.07) is 4.54. The predicted octanol–water partition coefficient (Wildman–Crippen LogP) is 2.75. The van der Waals surface area contributed by atoms with Gasteiger partial charge in [-0.2, -0.15) is 0 Å². The summed E-state index contributed by atoms with van der Waals surface area (Å²) < 4.78 is 10.2. The van der Waals surface area contributed by atoms with Crippen LogP contribution < -0.4 is 10.1 Å². The van der Waals surface area contributed by atoms with Gasteiger partial charge in [0.25, 0.3) is 0 Å². The first-order valence-electron chi connectivity index (χ1n) is 6.89. The van der Waals surface area contributed by atoms with Crippen molar-refractivity contribution in [3.8, 4) is 5.75 Å². The zero-order chi connectivity index (χ0) is 15.7. The number of hydrogen-bond acceptors (Lipinski definition) is 6. The molecule has 0 aliphatic rings. The quantitative estimate of drug-likeness (QED) is 0.428. The summed E-state index contributed by atoms with van der Waals surface area (Å²) in [5.74, 6) is -0.0580. The van der Waals surface area contributed by atoms with Gasteiger partial charge in [0.1, 0.15) is 0 Å². The molecule has 116 valence electrons. The van der Waals surface area contributed by atoms with Crippen molar-refractivity contribution in [2.75, 3.05) is 25.1 Å². The number of ether oxygens (including phenoxy) is 2. The number of hydrogen-bond donors (Lipinski definition) is 1. The van der Waals surface area contributed by atoms with Gasteiger partial charge in [-0.25, -0.2) is 0 Å². The van der Waals surface area contributed by atoms with E-state index < -0.39 is 4.92 Å². The third-order valence-corrected chi connectivity index (χ3v) is 2.58. The maximum atomic E-state index is 11.2. The molecule has 0 unspecified atom stereocenters. The third-order valence-electron chi connectivity index (χ3n) is 2.58. The average Bonchev–Trinajstić information content (AvgIpc) is 2.45. The lowest BCUT2D eigenvalue weighted by Crippen LogP contribution is -2.11. The Morgan fingerprint density at radius 1 is 1.38 bits per heavy atom. The van der Waals surface area contributed by atoms with Crippen LogP contribution >= 0.6 is 0 Å². The van der Waals surface area contributed by atoms with Crippen LogP contribution in [0.3, 0.4) is 0 Å². The zero-order valence-electron chi connectivity index (χ0n) is 12.3. The van der Waals surface area contributed by atoms with E-state index in [1.807, 2.05) is 6.92 Å². The second-order valence-electron chi connectivity index (χ2n) is 4.27. The number of carbonyl (C=O) groups is 1. The van der Waals surface area contributed by atoms with Crippen LogP contribution in [0, 0.1) is 10.1 Å². The highest BCUT2D eigenvalue weighted by atomic mass is 16.6. The van der Waals surface area contributed by atoms with Crippen LogP contribution in [0.15, 0.2) is 18.2 Å². The van der Waals surface area contributed by atoms with Gasteiger partial charge in [-0.05, 0) is 19.4 Å². The molecular formula is C14H20N2O5. The second kappa shape index (κ2) is 8.78. The average molecular weight is 296 g/mol. The van der Waals surface area contributed by atoms with Crippen molar-refractivity contribution < 1.29 is 19.2 Å². The van der Waals surface area contributed by atoms with E-state index in [4.69, 9.17) is 9.47 Å². The van der Waals surface area contributed by atoms with Crippen LogP contribution in [-0.2, 0) is 9.53 Å². The van der Waals surface area contributed by atoms with E-state index in [2.05, 4.69) is 5.32 Å². The Morgan fingerprint density at radius 2 is 2.14 bits per heavy atom. The maximum Gasteiger partial charge on any atom is 0.311 e. The summed E-state index contributed by atoms with van der Waals surface area (Å²) in [7, 11) is 0. The summed E-state index contributed by atoms with van der Waals surface area (Å²) in [5.41, 5.74) is 0.593. The molecule has 7 nitrogen and oxygen atoms in total. The van der Waals surface area contributed by atoms with Gasteiger partial charge in [-0.1, -0.05) is 6.92 Å². The van der Waals surface area contributed by atoms with Gasteiger partial charge in [0.05, 0.1) is 24.6 Å². The molecule has 0 atom stereocenters. The minimum absolute atomic E-state index is 0.0700. The number of nitro groups is 1. The second-order valence-corrected chi connectivity index (χ2v) is 4.27. The van der Waals surface area contributed by atoms with Crippen LogP contribution in [0.4, 0.5) is 11.4 Å². The Morgan fingerprint density at radius 3 is 2.76 bits per heavy atom. The molecule has 0 spiro atoms. The topological polar surface area (TPSA) is 90.7 Å². The van der Waals surface area contributed by atoms with E-state index in [1.54, 1.807) is 19.1 Å². The summed E-state index contributed by atoms with van der Waals surface area (Å²) in [6.45, 7) is 4.83. The van der Waals surface area contributed by atoms with Crippen LogP contribution in [0.5, 0.6) is 5.75 Å². The molecular weight excluding hydrogens is 276 g/mol. The first-order chi connectivity index (χ1) is 10.1. The van der Waals surface area contributed by atoms with Gasteiger partial charge in [0, 0.05) is 24.4 Å². The number of nitrogens with zero attached hydrogens (tertiary/aromatic N) is 1. The van der Waals surface area contributed by atoms with Crippen molar-refractivity contribution in [3.63, 3.8) is 0 Å². The third kappa shape index (κ3) is 5.68. The summed E-state index contributed by atoms with van der Waals surface area (Å²) >= 11 is 0. The fourth-order valence-corrected chi connectivity index (χ4v) is 1.64. The Kier molecular flexibility index (Phi) is 7.00. The lowest BCUT2D eigenvalue weighted by molar-refractivity contribution is -0.385. The minimum Gasteiger partial charge on any atom is -0.487 e. The Balaban J connectivity index is 2.66. The van der Waals surface area contributed by atoms with E-state index in [1.165, 1.54) is 6.07 Å². The number of rotatable bonds is 9. The smallest absolute Gasteiger partial charge is 0.311 e. The van der Waals surface area contributed by atoms with Crippen molar-refractivity contribution in [1.29, 1.82) is 0 Å². The van der Waals surface area contributed by atoms with E-state index in [9.17, 15) is 14.9 Å². The van der Waals surface area contributed by atoms with Crippen molar-refractivity contribution in [3.05, 3.63) is 28.3 Å². The van der Waals surface area contributed by atoms with Crippen LogP contribution in [-0.4, -0.2) is 30.7 Å². The highest BCUT2D eigenvalue weighted by Gasteiger charge is 2.15. The molecule has 1 aromatic carbocycles. The van der Waals surface area contributed by atoms with Crippen LogP contribution in [0.25, 0.3) is 0 Å². The molecule has 0 amide bonds. The molecule has 0 aromatic heterocycles. The molecule has 0 saturated heterocycles. The number of esters is 1. The van der Waals surface area contributed by atoms with Crippen molar-refractivity contribution in [2.24, 2.45) is 0 Å². The normalized spacial score (nSPS) is 10.0. The summed E-state index contributed by atoms with van der Waals surface area (Å²) in [5, 5.41) is 13.9. The van der Waals surface area contributed by atoms with E-state index in [0.717, 1.165) is 6.42 Å². The first kappa shape index (κ1) is 16.7. The summed E-state index contributed by atoms with van der Waals surface area (Å²) in [4.78, 5) is 21.6. The van der Waals surface area contributed by atoms with Crippen molar-refractivity contribution in [1.82, 2.24) is 0 Å². The molecule has 21 heavy (non-hydrogen) atoms.